The van der Waals surface area contributed by atoms with Gasteiger partial charge in [0.15, 0.2) is 5.12 Å². The average Bonchev–Trinajstić information content (AvgIpc) is 2.91. The van der Waals surface area contributed by atoms with E-state index >= 15 is 0 Å². The van der Waals surface area contributed by atoms with E-state index in [2.05, 4.69) is 58.5 Å². The number of aliphatic hydroxyl groups is 1. The van der Waals surface area contributed by atoms with Crippen molar-refractivity contribution in [1.29, 1.82) is 0 Å². The monoisotopic (exact) mass is 616 g/mol. The summed E-state index contributed by atoms with van der Waals surface area (Å²) >= 11 is 1.20. The van der Waals surface area contributed by atoms with E-state index in [0.29, 0.717) is 18.7 Å². The van der Waals surface area contributed by atoms with Gasteiger partial charge in [-0.3, -0.25) is 14.4 Å². The first kappa shape index (κ1) is 39.2. The maximum absolute atomic E-state index is 12.1. The molecule has 41 heavy (non-hydrogen) atoms. The Morgan fingerprint density at radius 1 is 0.902 bits per heavy atom. The molecule has 10 nitrogen and oxygen atoms in total. The van der Waals surface area contributed by atoms with E-state index in [4.69, 9.17) is 0 Å². The second-order valence-electron chi connectivity index (χ2n) is 10.3. The third-order valence-electron chi connectivity index (χ3n) is 5.95. The molecule has 0 aromatic carbocycles. The van der Waals surface area contributed by atoms with E-state index in [1.807, 2.05) is 0 Å². The van der Waals surface area contributed by atoms with Crippen molar-refractivity contribution in [2.24, 2.45) is 5.41 Å². The molecule has 0 aromatic heterocycles. The van der Waals surface area contributed by atoms with Gasteiger partial charge in [0, 0.05) is 37.1 Å². The highest BCUT2D eigenvalue weighted by Crippen LogP contribution is 2.31. The Bertz CT molecular complexity index is 886. The Hall–Kier alpha value is -1.75. The summed E-state index contributed by atoms with van der Waals surface area (Å²) < 4.78 is 14.8. The highest BCUT2D eigenvalue weighted by atomic mass is 32.2. The summed E-state index contributed by atoms with van der Waals surface area (Å²) in [7, 11) is -5.23. The molecule has 0 aliphatic rings. The lowest BCUT2D eigenvalue weighted by Crippen LogP contribution is -2.46. The summed E-state index contributed by atoms with van der Waals surface area (Å²) in [5.74, 6) is -0.671. The van der Waals surface area contributed by atoms with Crippen molar-refractivity contribution in [3.8, 4) is 0 Å². The minimum Gasteiger partial charge on any atom is -0.790 e. The smallest absolute Gasteiger partial charge is 0.249 e. The van der Waals surface area contributed by atoms with Gasteiger partial charge in [-0.2, -0.15) is 0 Å². The molecule has 0 unspecified atom stereocenters. The summed E-state index contributed by atoms with van der Waals surface area (Å²) in [4.78, 5) is 57.2. The SMILES string of the molecule is CC/C=C\C/C=C\C/C=C\CCCCCCCC(=O)SCCNC(=O)CCNC(=O)[C@H](O)C(C)(C)COP(=O)([O-])[O-]. The lowest BCUT2D eigenvalue weighted by molar-refractivity contribution is -0.343. The Morgan fingerprint density at radius 2 is 1.51 bits per heavy atom. The quantitative estimate of drug-likeness (QED) is 0.0832. The van der Waals surface area contributed by atoms with Crippen LogP contribution in [0, 0.1) is 5.41 Å². The highest BCUT2D eigenvalue weighted by Gasteiger charge is 2.34. The minimum absolute atomic E-state index is 0.0336. The van der Waals surface area contributed by atoms with Crippen molar-refractivity contribution in [2.45, 2.75) is 97.5 Å². The molecule has 3 N–H and O–H groups in total. The molecule has 0 fully saturated rings. The first-order valence-electron chi connectivity index (χ1n) is 14.4. The molecule has 0 aromatic rings. The molecule has 236 valence electrons. The molecule has 12 heteroatoms. The Morgan fingerprint density at radius 3 is 2.17 bits per heavy atom. The predicted octanol–water partition coefficient (Wildman–Crippen LogP) is 3.69. The number of carbonyl (C=O) groups excluding carboxylic acids is 3. The van der Waals surface area contributed by atoms with Gasteiger partial charge in [0.25, 0.3) is 0 Å². The summed E-state index contributed by atoms with van der Waals surface area (Å²) in [6.45, 7) is 4.49. The predicted molar refractivity (Wildman–Crippen MR) is 161 cm³/mol. The number of hydrogen-bond acceptors (Lipinski definition) is 9. The van der Waals surface area contributed by atoms with E-state index in [0.717, 1.165) is 57.8 Å². The molecule has 0 aliphatic heterocycles. The number of phosphoric ester groups is 1. The number of hydrogen-bond donors (Lipinski definition) is 3. The van der Waals surface area contributed by atoms with Crippen LogP contribution in [0.4, 0.5) is 0 Å². The molecular formula is C29H49N2O8PS-2. The van der Waals surface area contributed by atoms with Gasteiger partial charge in [-0.15, -0.1) is 0 Å². The van der Waals surface area contributed by atoms with Crippen LogP contribution in [0.25, 0.3) is 0 Å². The minimum atomic E-state index is -5.23. The van der Waals surface area contributed by atoms with Crippen molar-refractivity contribution in [2.75, 3.05) is 25.4 Å². The summed E-state index contributed by atoms with van der Waals surface area (Å²) in [6, 6.07) is 0. The molecular weight excluding hydrogens is 567 g/mol. The van der Waals surface area contributed by atoms with E-state index in [9.17, 15) is 33.8 Å². The van der Waals surface area contributed by atoms with Gasteiger partial charge < -0.3 is 34.6 Å². The second kappa shape index (κ2) is 23.8. The zero-order valence-corrected chi connectivity index (χ0v) is 26.5. The number of nitrogens with one attached hydrogen (secondary N) is 2. The van der Waals surface area contributed by atoms with Crippen LogP contribution in [0.2, 0.25) is 0 Å². The Kier molecular flexibility index (Phi) is 22.8. The molecule has 0 aliphatic carbocycles. The van der Waals surface area contributed by atoms with Crippen molar-refractivity contribution >= 4 is 36.5 Å². The summed E-state index contributed by atoms with van der Waals surface area (Å²) in [5.41, 5.74) is -1.33. The fourth-order valence-corrected chi connectivity index (χ4v) is 4.69. The molecule has 0 radical (unpaired) electrons. The van der Waals surface area contributed by atoms with Crippen LogP contribution in [0.3, 0.4) is 0 Å². The number of rotatable bonds is 24. The van der Waals surface area contributed by atoms with Crippen molar-refractivity contribution < 1.29 is 38.4 Å². The summed E-state index contributed by atoms with van der Waals surface area (Å²) in [5, 5.41) is 15.3. The van der Waals surface area contributed by atoms with Crippen LogP contribution in [0.5, 0.6) is 0 Å². The largest absolute Gasteiger partial charge is 0.790 e. The van der Waals surface area contributed by atoms with Gasteiger partial charge in [-0.05, 0) is 38.5 Å². The second-order valence-corrected chi connectivity index (χ2v) is 12.6. The number of aliphatic hydroxyl groups excluding tert-OH is 1. The van der Waals surface area contributed by atoms with Gasteiger partial charge in [-0.25, -0.2) is 0 Å². The molecule has 0 rings (SSSR count). The molecule has 0 saturated heterocycles. The Balaban J connectivity index is 3.75. The topological polar surface area (TPSA) is 168 Å². The molecule has 0 bridgehead atoms. The van der Waals surface area contributed by atoms with Gasteiger partial charge in [0.1, 0.15) is 6.10 Å². The highest BCUT2D eigenvalue weighted by molar-refractivity contribution is 8.13. The van der Waals surface area contributed by atoms with Gasteiger partial charge in [-0.1, -0.05) is 88.3 Å². The maximum Gasteiger partial charge on any atom is 0.249 e. The van der Waals surface area contributed by atoms with Crippen molar-refractivity contribution in [3.63, 3.8) is 0 Å². The van der Waals surface area contributed by atoms with E-state index < -0.39 is 31.9 Å². The lowest BCUT2D eigenvalue weighted by atomic mass is 9.87. The molecule has 1 atom stereocenters. The van der Waals surface area contributed by atoms with Crippen LogP contribution < -0.4 is 20.4 Å². The normalized spacial score (nSPS) is 13.3. The zero-order chi connectivity index (χ0) is 31.0. The van der Waals surface area contributed by atoms with Crippen LogP contribution in [-0.2, 0) is 23.5 Å². The van der Waals surface area contributed by atoms with Crippen LogP contribution in [-0.4, -0.2) is 53.6 Å². The number of thioether (sulfide) groups is 1. The van der Waals surface area contributed by atoms with Crippen LogP contribution in [0.1, 0.15) is 91.4 Å². The number of allylic oxidation sites excluding steroid dienone is 6. The number of amides is 2. The number of carbonyl (C=O) groups is 3. The van der Waals surface area contributed by atoms with Gasteiger partial charge in [0.05, 0.1) is 14.4 Å². The maximum atomic E-state index is 12.1. The fraction of sp³-hybridized carbons (Fsp3) is 0.690. The van der Waals surface area contributed by atoms with Crippen molar-refractivity contribution in [1.82, 2.24) is 10.6 Å². The van der Waals surface area contributed by atoms with Gasteiger partial charge in [0.2, 0.25) is 11.8 Å². The molecule has 0 saturated carbocycles. The summed E-state index contributed by atoms with van der Waals surface area (Å²) in [6.07, 6.45) is 21.5. The van der Waals surface area contributed by atoms with Gasteiger partial charge >= 0.3 is 0 Å². The third-order valence-corrected chi connectivity index (χ3v) is 7.33. The number of phosphoric acid groups is 1. The first-order valence-corrected chi connectivity index (χ1v) is 16.8. The van der Waals surface area contributed by atoms with Crippen LogP contribution >= 0.6 is 19.6 Å². The fourth-order valence-electron chi connectivity index (χ4n) is 3.48. The number of unbranched alkanes of at least 4 members (excludes halogenated alkanes) is 5. The molecule has 0 heterocycles. The van der Waals surface area contributed by atoms with E-state index in [-0.39, 0.29) is 24.0 Å². The molecule has 0 spiro atoms. The van der Waals surface area contributed by atoms with E-state index in [1.54, 1.807) is 0 Å². The zero-order valence-electron chi connectivity index (χ0n) is 24.8. The lowest BCUT2D eigenvalue weighted by Gasteiger charge is -2.35. The standard InChI is InChI=1S/C29H51N2O8PS/c1-4-5-6-7-8-9-10-11-12-13-14-15-16-17-18-19-26(33)41-23-22-30-25(32)20-21-31-28(35)27(34)29(2,3)24-39-40(36,37)38/h5-6,8-9,11-12,27,34H,4,7,10,13-24H2,1-3H3,(H,30,32)(H,31,35)(H2,36,37,38)/p-2/b6-5-,9-8-,12-11-/t27-/m0/s1. The average molecular weight is 617 g/mol. The third kappa shape index (κ3) is 24.5. The Labute approximate surface area is 250 Å². The van der Waals surface area contributed by atoms with E-state index in [1.165, 1.54) is 25.6 Å². The first-order chi connectivity index (χ1) is 19.4. The van der Waals surface area contributed by atoms with Crippen molar-refractivity contribution in [3.05, 3.63) is 36.5 Å². The van der Waals surface area contributed by atoms with Crippen LogP contribution in [0.15, 0.2) is 36.5 Å². The molecule has 2 amide bonds.